The normalized spacial score (nSPS) is 12.5. The van der Waals surface area contributed by atoms with E-state index < -0.39 is 15.6 Å². The summed E-state index contributed by atoms with van der Waals surface area (Å²) < 4.78 is 29.3. The number of rotatable bonds is 4. The fourth-order valence-electron chi connectivity index (χ4n) is 2.49. The Morgan fingerprint density at radius 1 is 1.19 bits per heavy atom. The van der Waals surface area contributed by atoms with Crippen LogP contribution in [-0.2, 0) is 10.0 Å². The van der Waals surface area contributed by atoms with E-state index in [1.54, 1.807) is 32.9 Å². The summed E-state index contributed by atoms with van der Waals surface area (Å²) in [6.07, 6.45) is 2.82. The number of halogens is 1. The van der Waals surface area contributed by atoms with Crippen LogP contribution in [0.2, 0.25) is 5.02 Å². The van der Waals surface area contributed by atoms with Gasteiger partial charge in [-0.15, -0.1) is 0 Å². The smallest absolute Gasteiger partial charge is 0.246 e. The summed E-state index contributed by atoms with van der Waals surface area (Å²) in [4.78, 5) is 4.21. The van der Waals surface area contributed by atoms with Crippen molar-refractivity contribution in [3.8, 4) is 0 Å². The van der Waals surface area contributed by atoms with Gasteiger partial charge in [0.25, 0.3) is 0 Å². The predicted octanol–water partition coefficient (Wildman–Crippen LogP) is 3.51. The molecule has 1 aromatic carbocycles. The molecule has 0 unspecified atom stereocenters. The third-order valence-corrected chi connectivity index (χ3v) is 5.56. The first kappa shape index (κ1) is 18.6. The monoisotopic (exact) mass is 393 g/mol. The van der Waals surface area contributed by atoms with Crippen LogP contribution in [0.25, 0.3) is 5.65 Å². The van der Waals surface area contributed by atoms with Crippen molar-refractivity contribution in [1.82, 2.24) is 19.3 Å². The van der Waals surface area contributed by atoms with Crippen molar-refractivity contribution >= 4 is 38.8 Å². The molecular weight excluding hydrogens is 374 g/mol. The van der Waals surface area contributed by atoms with Crippen molar-refractivity contribution < 1.29 is 8.42 Å². The van der Waals surface area contributed by atoms with E-state index in [-0.39, 0.29) is 10.5 Å². The maximum absolute atomic E-state index is 12.6. The van der Waals surface area contributed by atoms with Gasteiger partial charge in [-0.25, -0.2) is 18.1 Å². The molecular formula is C17H20ClN5O2S. The maximum Gasteiger partial charge on any atom is 0.246 e. The number of aromatic nitrogens is 3. The minimum absolute atomic E-state index is 0.0198. The predicted molar refractivity (Wildman–Crippen MR) is 103 cm³/mol. The van der Waals surface area contributed by atoms with Crippen LogP contribution in [0.1, 0.15) is 26.3 Å². The number of aryl methyl sites for hydroxylation is 1. The number of benzene rings is 1. The number of hydrogen-bond donors (Lipinski definition) is 2. The van der Waals surface area contributed by atoms with Gasteiger partial charge in [-0.2, -0.15) is 9.61 Å². The Balaban J connectivity index is 2.06. The van der Waals surface area contributed by atoms with Crippen LogP contribution in [0.3, 0.4) is 0 Å². The highest BCUT2D eigenvalue weighted by atomic mass is 35.5. The zero-order chi connectivity index (χ0) is 19.1. The summed E-state index contributed by atoms with van der Waals surface area (Å²) in [7, 11) is -3.76. The summed E-state index contributed by atoms with van der Waals surface area (Å²) in [5, 5.41) is 7.93. The van der Waals surface area contributed by atoms with E-state index in [0.717, 1.165) is 5.56 Å². The van der Waals surface area contributed by atoms with Crippen molar-refractivity contribution in [2.75, 3.05) is 5.32 Å². The lowest BCUT2D eigenvalue weighted by atomic mass is 10.1. The number of fused-ring (bicyclic) bond motifs is 1. The number of nitrogens with one attached hydrogen (secondary N) is 2. The first-order chi connectivity index (χ1) is 12.1. The fraction of sp³-hybridized carbons (Fsp3) is 0.294. The second kappa shape index (κ2) is 6.53. The van der Waals surface area contributed by atoms with E-state index in [4.69, 9.17) is 11.6 Å². The van der Waals surface area contributed by atoms with Gasteiger partial charge in [-0.05, 0) is 51.5 Å². The van der Waals surface area contributed by atoms with Crippen LogP contribution in [0, 0.1) is 6.92 Å². The summed E-state index contributed by atoms with van der Waals surface area (Å²) in [5.74, 6) is 0.555. The molecule has 3 rings (SSSR count). The molecule has 2 heterocycles. The Bertz CT molecular complexity index is 1070. The number of nitrogens with zero attached hydrogens (tertiary/aromatic N) is 3. The minimum Gasteiger partial charge on any atom is -0.339 e. The Labute approximate surface area is 157 Å². The van der Waals surface area contributed by atoms with Gasteiger partial charge >= 0.3 is 0 Å². The third-order valence-electron chi connectivity index (χ3n) is 3.48. The van der Waals surface area contributed by atoms with Gasteiger partial charge in [0.1, 0.15) is 10.7 Å². The highest BCUT2D eigenvalue weighted by Crippen LogP contribution is 2.27. The molecule has 0 aliphatic carbocycles. The Morgan fingerprint density at radius 3 is 2.62 bits per heavy atom. The van der Waals surface area contributed by atoms with E-state index >= 15 is 0 Å². The molecule has 2 aromatic heterocycles. The molecule has 0 amide bonds. The van der Waals surface area contributed by atoms with Crippen LogP contribution in [0.4, 0.5) is 11.5 Å². The number of hydrogen-bond acceptors (Lipinski definition) is 5. The first-order valence-corrected chi connectivity index (χ1v) is 9.83. The summed E-state index contributed by atoms with van der Waals surface area (Å²) >= 11 is 6.23. The Morgan fingerprint density at radius 2 is 1.92 bits per heavy atom. The SMILES string of the molecule is Cc1ccc(Cl)c(Nc2ccnc3c(S(=O)(=O)NC(C)(C)C)cnn23)c1. The van der Waals surface area contributed by atoms with Crippen LogP contribution in [0.5, 0.6) is 0 Å². The molecule has 26 heavy (non-hydrogen) atoms. The zero-order valence-corrected chi connectivity index (χ0v) is 16.5. The minimum atomic E-state index is -3.76. The molecule has 3 aromatic rings. The van der Waals surface area contributed by atoms with Crippen LogP contribution in [-0.4, -0.2) is 28.6 Å². The molecule has 7 nitrogen and oxygen atoms in total. The summed E-state index contributed by atoms with van der Waals surface area (Å²) in [6.45, 7) is 7.28. The molecule has 0 aliphatic heterocycles. The van der Waals surface area contributed by atoms with E-state index in [1.807, 2.05) is 19.1 Å². The average Bonchev–Trinajstić information content (AvgIpc) is 2.94. The molecule has 2 N–H and O–H groups in total. The van der Waals surface area contributed by atoms with E-state index in [0.29, 0.717) is 16.5 Å². The van der Waals surface area contributed by atoms with Crippen molar-refractivity contribution in [3.63, 3.8) is 0 Å². The second-order valence-electron chi connectivity index (χ2n) is 7.04. The highest BCUT2D eigenvalue weighted by molar-refractivity contribution is 7.89. The highest BCUT2D eigenvalue weighted by Gasteiger charge is 2.26. The van der Waals surface area contributed by atoms with Crippen LogP contribution >= 0.6 is 11.6 Å². The van der Waals surface area contributed by atoms with Gasteiger partial charge in [0, 0.05) is 11.7 Å². The summed E-state index contributed by atoms with van der Waals surface area (Å²) in [5.41, 5.74) is 1.36. The fourth-order valence-corrected chi connectivity index (χ4v) is 4.13. The molecule has 138 valence electrons. The van der Waals surface area contributed by atoms with Gasteiger partial charge in [0.15, 0.2) is 5.65 Å². The van der Waals surface area contributed by atoms with Crippen molar-refractivity contribution in [2.45, 2.75) is 38.1 Å². The molecule has 0 atom stereocenters. The van der Waals surface area contributed by atoms with E-state index in [1.165, 1.54) is 16.9 Å². The quantitative estimate of drug-likeness (QED) is 0.708. The standard InChI is InChI=1S/C17H20ClN5O2S/c1-11-5-6-12(18)13(9-11)21-15-7-8-19-16-14(10-20-23(15)16)26(24,25)22-17(2,3)4/h5-10,21-22H,1-4H3. The topological polar surface area (TPSA) is 88.4 Å². The molecule has 0 spiro atoms. The lowest BCUT2D eigenvalue weighted by Gasteiger charge is -2.19. The third kappa shape index (κ3) is 3.82. The molecule has 0 fully saturated rings. The van der Waals surface area contributed by atoms with Gasteiger partial charge < -0.3 is 5.32 Å². The Hall–Kier alpha value is -2.16. The zero-order valence-electron chi connectivity index (χ0n) is 14.9. The van der Waals surface area contributed by atoms with Crippen molar-refractivity contribution in [3.05, 3.63) is 47.2 Å². The molecule has 0 saturated heterocycles. The number of sulfonamides is 1. The van der Waals surface area contributed by atoms with Gasteiger partial charge in [0.2, 0.25) is 10.0 Å². The van der Waals surface area contributed by atoms with Crippen molar-refractivity contribution in [1.29, 1.82) is 0 Å². The van der Waals surface area contributed by atoms with Gasteiger partial charge in [-0.3, -0.25) is 0 Å². The van der Waals surface area contributed by atoms with Crippen LogP contribution in [0.15, 0.2) is 41.6 Å². The van der Waals surface area contributed by atoms with E-state index in [2.05, 4.69) is 20.1 Å². The average molecular weight is 394 g/mol. The largest absolute Gasteiger partial charge is 0.339 e. The molecule has 0 saturated carbocycles. The lowest BCUT2D eigenvalue weighted by Crippen LogP contribution is -2.40. The molecule has 0 bridgehead atoms. The second-order valence-corrected chi connectivity index (χ2v) is 9.10. The lowest BCUT2D eigenvalue weighted by molar-refractivity contribution is 0.492. The van der Waals surface area contributed by atoms with E-state index in [9.17, 15) is 8.42 Å². The molecule has 0 aliphatic rings. The summed E-state index contributed by atoms with van der Waals surface area (Å²) in [6, 6.07) is 7.30. The van der Waals surface area contributed by atoms with Gasteiger partial charge in [-0.1, -0.05) is 17.7 Å². The van der Waals surface area contributed by atoms with Crippen LogP contribution < -0.4 is 10.0 Å². The maximum atomic E-state index is 12.6. The van der Waals surface area contributed by atoms with Gasteiger partial charge in [0.05, 0.1) is 16.9 Å². The molecule has 0 radical (unpaired) electrons. The van der Waals surface area contributed by atoms with Crippen molar-refractivity contribution in [2.24, 2.45) is 0 Å². The molecule has 9 heteroatoms. The number of anilines is 2. The Kier molecular flexibility index (Phi) is 4.68. The first-order valence-electron chi connectivity index (χ1n) is 7.97.